The van der Waals surface area contributed by atoms with E-state index >= 15 is 0 Å². The minimum Gasteiger partial charge on any atom is -0.399 e. The van der Waals surface area contributed by atoms with Crippen molar-refractivity contribution in [2.45, 2.75) is 11.8 Å². The second-order valence-electron chi connectivity index (χ2n) is 5.18. The monoisotopic (exact) mass is 342 g/mol. The first-order valence-corrected chi connectivity index (χ1v) is 8.96. The van der Waals surface area contributed by atoms with Gasteiger partial charge in [0.25, 0.3) is 10.0 Å². The van der Waals surface area contributed by atoms with E-state index in [1.165, 1.54) is 16.4 Å². The second kappa shape index (κ2) is 6.37. The highest BCUT2D eigenvalue weighted by atomic mass is 32.2. The van der Waals surface area contributed by atoms with Crippen molar-refractivity contribution >= 4 is 21.5 Å². The van der Waals surface area contributed by atoms with Crippen LogP contribution in [0.2, 0.25) is 0 Å². The topological polar surface area (TPSA) is 81.2 Å². The van der Waals surface area contributed by atoms with Crippen LogP contribution < -0.4 is 10.0 Å². The Morgan fingerprint density at radius 3 is 2.33 bits per heavy atom. The number of aromatic nitrogens is 2. The molecule has 0 fully saturated rings. The number of nitrogens with two attached hydrogens (primary N) is 1. The Bertz CT molecular complexity index is 919. The summed E-state index contributed by atoms with van der Waals surface area (Å²) in [5.74, 6) is 0.487. The standard InChI is InChI=1S/C17H18N4O2S/c1-2-20(24(22,23)16-10-8-14(18)9-11-16)17-12-13-19-21(17)15-6-4-3-5-7-15/h3-13H,2,18H2,1H3. The number of nitrogens with zero attached hydrogens (tertiary/aromatic N) is 3. The smallest absolute Gasteiger partial charge is 0.265 e. The molecule has 0 aliphatic carbocycles. The summed E-state index contributed by atoms with van der Waals surface area (Å²) >= 11 is 0. The predicted molar refractivity (Wildman–Crippen MR) is 94.6 cm³/mol. The van der Waals surface area contributed by atoms with E-state index in [4.69, 9.17) is 5.73 Å². The zero-order chi connectivity index (χ0) is 17.2. The minimum absolute atomic E-state index is 0.194. The molecule has 0 saturated heterocycles. The van der Waals surface area contributed by atoms with Crippen LogP contribution in [-0.2, 0) is 10.0 Å². The van der Waals surface area contributed by atoms with Gasteiger partial charge in [-0.15, -0.1) is 0 Å². The third-order valence-corrected chi connectivity index (χ3v) is 5.53. The summed E-state index contributed by atoms with van der Waals surface area (Å²) < 4.78 is 28.9. The normalized spacial score (nSPS) is 11.4. The molecule has 0 radical (unpaired) electrons. The summed E-state index contributed by atoms with van der Waals surface area (Å²) in [4.78, 5) is 0.194. The lowest BCUT2D eigenvalue weighted by atomic mass is 10.3. The molecular formula is C17H18N4O2S. The first kappa shape index (κ1) is 16.1. The SMILES string of the molecule is CCN(c1ccnn1-c1ccccc1)S(=O)(=O)c1ccc(N)cc1. The maximum Gasteiger partial charge on any atom is 0.265 e. The Morgan fingerprint density at radius 2 is 1.71 bits per heavy atom. The fraction of sp³-hybridized carbons (Fsp3) is 0.118. The minimum atomic E-state index is -3.70. The van der Waals surface area contributed by atoms with Gasteiger partial charge in [0, 0.05) is 18.3 Å². The number of anilines is 2. The van der Waals surface area contributed by atoms with Crippen molar-refractivity contribution in [3.8, 4) is 5.69 Å². The van der Waals surface area contributed by atoms with Crippen molar-refractivity contribution in [2.24, 2.45) is 0 Å². The van der Waals surface area contributed by atoms with Gasteiger partial charge in [0.05, 0.1) is 16.8 Å². The van der Waals surface area contributed by atoms with Gasteiger partial charge in [-0.3, -0.25) is 0 Å². The molecule has 24 heavy (non-hydrogen) atoms. The van der Waals surface area contributed by atoms with E-state index in [9.17, 15) is 8.42 Å². The summed E-state index contributed by atoms with van der Waals surface area (Å²) in [5, 5.41) is 4.27. The highest BCUT2D eigenvalue weighted by Crippen LogP contribution is 2.26. The second-order valence-corrected chi connectivity index (χ2v) is 7.04. The van der Waals surface area contributed by atoms with Crippen LogP contribution in [0.15, 0.2) is 71.8 Å². The van der Waals surface area contributed by atoms with E-state index in [0.29, 0.717) is 11.5 Å². The molecule has 0 aliphatic heterocycles. The zero-order valence-electron chi connectivity index (χ0n) is 13.2. The maximum absolute atomic E-state index is 13.0. The Kier molecular flexibility index (Phi) is 4.26. The highest BCUT2D eigenvalue weighted by molar-refractivity contribution is 7.92. The molecule has 0 bridgehead atoms. The molecule has 124 valence electrons. The van der Waals surface area contributed by atoms with Crippen molar-refractivity contribution in [2.75, 3.05) is 16.6 Å². The molecule has 1 heterocycles. The van der Waals surface area contributed by atoms with Gasteiger partial charge >= 0.3 is 0 Å². The van der Waals surface area contributed by atoms with Gasteiger partial charge in [-0.2, -0.15) is 5.10 Å². The molecule has 2 aromatic carbocycles. The van der Waals surface area contributed by atoms with E-state index in [0.717, 1.165) is 5.69 Å². The lowest BCUT2D eigenvalue weighted by molar-refractivity contribution is 0.590. The van der Waals surface area contributed by atoms with Gasteiger partial charge in [-0.05, 0) is 43.3 Å². The third kappa shape index (κ3) is 2.85. The maximum atomic E-state index is 13.0. The number of sulfonamides is 1. The van der Waals surface area contributed by atoms with Crippen LogP contribution in [0.5, 0.6) is 0 Å². The lowest BCUT2D eigenvalue weighted by Gasteiger charge is -2.23. The van der Waals surface area contributed by atoms with E-state index in [-0.39, 0.29) is 11.4 Å². The molecule has 0 saturated carbocycles. The van der Waals surface area contributed by atoms with Gasteiger partial charge in [0.15, 0.2) is 0 Å². The largest absolute Gasteiger partial charge is 0.399 e. The average Bonchev–Trinajstić information content (AvgIpc) is 3.06. The number of benzene rings is 2. The van der Waals surface area contributed by atoms with Crippen molar-refractivity contribution < 1.29 is 8.42 Å². The van der Waals surface area contributed by atoms with Crippen LogP contribution in [0.25, 0.3) is 5.69 Å². The quantitative estimate of drug-likeness (QED) is 0.723. The van der Waals surface area contributed by atoms with E-state index in [1.807, 2.05) is 30.3 Å². The number of para-hydroxylation sites is 1. The van der Waals surface area contributed by atoms with Crippen molar-refractivity contribution in [1.82, 2.24) is 9.78 Å². The Balaban J connectivity index is 2.07. The fourth-order valence-electron chi connectivity index (χ4n) is 2.48. The first-order valence-electron chi connectivity index (χ1n) is 7.52. The molecule has 2 N–H and O–H groups in total. The molecule has 0 atom stereocenters. The van der Waals surface area contributed by atoms with Gasteiger partial charge in [0.1, 0.15) is 5.82 Å². The van der Waals surface area contributed by atoms with Crippen LogP contribution >= 0.6 is 0 Å². The number of hydrogen-bond acceptors (Lipinski definition) is 4. The highest BCUT2D eigenvalue weighted by Gasteiger charge is 2.26. The Labute approximate surface area is 141 Å². The molecule has 6 nitrogen and oxygen atoms in total. The lowest BCUT2D eigenvalue weighted by Crippen LogP contribution is -2.32. The molecule has 0 aliphatic rings. The third-order valence-electron chi connectivity index (χ3n) is 3.63. The molecule has 0 unspecified atom stereocenters. The number of nitrogen functional groups attached to an aromatic ring is 1. The van der Waals surface area contributed by atoms with Crippen molar-refractivity contribution in [1.29, 1.82) is 0 Å². The Morgan fingerprint density at radius 1 is 1.04 bits per heavy atom. The Hall–Kier alpha value is -2.80. The van der Waals surface area contributed by atoms with Crippen molar-refractivity contribution in [3.05, 3.63) is 66.9 Å². The predicted octanol–water partition coefficient (Wildman–Crippen LogP) is 2.67. The molecule has 0 spiro atoms. The summed E-state index contributed by atoms with van der Waals surface area (Å²) in [6.45, 7) is 2.07. The first-order chi connectivity index (χ1) is 11.5. The summed E-state index contributed by atoms with van der Waals surface area (Å²) in [5.41, 5.74) is 6.97. The van der Waals surface area contributed by atoms with Crippen LogP contribution in [0.1, 0.15) is 6.92 Å². The van der Waals surface area contributed by atoms with Crippen LogP contribution in [-0.4, -0.2) is 24.7 Å². The zero-order valence-corrected chi connectivity index (χ0v) is 14.0. The summed E-state index contributed by atoms with van der Waals surface area (Å²) in [7, 11) is -3.70. The van der Waals surface area contributed by atoms with Crippen LogP contribution in [0, 0.1) is 0 Å². The van der Waals surface area contributed by atoms with Gasteiger partial charge < -0.3 is 5.73 Å². The van der Waals surface area contributed by atoms with E-state index in [1.54, 1.807) is 36.0 Å². The van der Waals surface area contributed by atoms with Gasteiger partial charge in [0.2, 0.25) is 0 Å². The van der Waals surface area contributed by atoms with E-state index < -0.39 is 10.0 Å². The molecule has 3 aromatic rings. The van der Waals surface area contributed by atoms with Crippen molar-refractivity contribution in [3.63, 3.8) is 0 Å². The molecule has 1 aromatic heterocycles. The molecule has 0 amide bonds. The van der Waals surface area contributed by atoms with E-state index in [2.05, 4.69) is 5.10 Å². The van der Waals surface area contributed by atoms with Crippen LogP contribution in [0.4, 0.5) is 11.5 Å². The molecular weight excluding hydrogens is 324 g/mol. The van der Waals surface area contributed by atoms with Gasteiger partial charge in [-0.1, -0.05) is 18.2 Å². The summed E-state index contributed by atoms with van der Waals surface area (Å²) in [6.07, 6.45) is 1.59. The summed E-state index contributed by atoms with van der Waals surface area (Å²) in [6, 6.07) is 17.3. The van der Waals surface area contributed by atoms with Gasteiger partial charge in [-0.25, -0.2) is 17.4 Å². The number of rotatable bonds is 5. The van der Waals surface area contributed by atoms with Crippen LogP contribution in [0.3, 0.4) is 0 Å². The fourth-order valence-corrected chi connectivity index (χ4v) is 3.93. The number of hydrogen-bond donors (Lipinski definition) is 1. The molecule has 7 heteroatoms. The average molecular weight is 342 g/mol. The molecule has 3 rings (SSSR count).